The van der Waals surface area contributed by atoms with Gasteiger partial charge >= 0.3 is 0 Å². The normalized spacial score (nSPS) is 14.9. The summed E-state index contributed by atoms with van der Waals surface area (Å²) in [5.41, 5.74) is 2.73. The van der Waals surface area contributed by atoms with Gasteiger partial charge in [-0.2, -0.15) is 0 Å². The minimum atomic E-state index is 0.531. The van der Waals surface area contributed by atoms with Gasteiger partial charge in [-0.15, -0.1) is 0 Å². The largest absolute Gasteiger partial charge is 0.336 e. The highest BCUT2D eigenvalue weighted by atomic mass is 32.2. The minimum Gasteiger partial charge on any atom is -0.336 e. The zero-order valence-electron chi connectivity index (χ0n) is 13.9. The van der Waals surface area contributed by atoms with Crippen LogP contribution in [-0.2, 0) is 0 Å². The van der Waals surface area contributed by atoms with E-state index in [9.17, 15) is 0 Å². The Morgan fingerprint density at radius 1 is 0.818 bits per heavy atom. The lowest BCUT2D eigenvalue weighted by Crippen LogP contribution is -2.38. The van der Waals surface area contributed by atoms with Crippen LogP contribution in [0.15, 0.2) is 58.3 Å². The van der Waals surface area contributed by atoms with Gasteiger partial charge in [0, 0.05) is 15.8 Å². The molecule has 1 unspecified atom stereocenters. The molecule has 0 aliphatic carbocycles. The summed E-state index contributed by atoms with van der Waals surface area (Å²) in [4.78, 5) is 5.33. The number of nitrogens with zero attached hydrogens (tertiary/aromatic N) is 1. The first-order chi connectivity index (χ1) is 10.6. The van der Waals surface area contributed by atoms with E-state index >= 15 is 0 Å². The number of hydrogen-bond acceptors (Lipinski definition) is 2. The molecule has 0 amide bonds. The van der Waals surface area contributed by atoms with Crippen LogP contribution in [-0.4, -0.2) is 6.04 Å². The van der Waals surface area contributed by atoms with Crippen molar-refractivity contribution in [2.24, 2.45) is 11.8 Å². The van der Waals surface area contributed by atoms with Gasteiger partial charge in [-0.25, -0.2) is 0 Å². The van der Waals surface area contributed by atoms with Crippen LogP contribution in [0.5, 0.6) is 0 Å². The van der Waals surface area contributed by atoms with Crippen molar-refractivity contribution in [1.82, 2.24) is 0 Å². The quantitative estimate of drug-likeness (QED) is 0.646. The molecule has 3 rings (SSSR count). The average molecular weight is 311 g/mol. The van der Waals surface area contributed by atoms with E-state index in [1.807, 2.05) is 11.8 Å². The van der Waals surface area contributed by atoms with Crippen molar-refractivity contribution in [2.75, 3.05) is 4.90 Å². The molecule has 2 heteroatoms. The summed E-state index contributed by atoms with van der Waals surface area (Å²) < 4.78 is 0. The number of hydrogen-bond donors (Lipinski definition) is 0. The Labute approximate surface area is 138 Å². The van der Waals surface area contributed by atoms with Gasteiger partial charge in [-0.3, -0.25) is 0 Å². The van der Waals surface area contributed by atoms with Crippen LogP contribution in [0.2, 0.25) is 0 Å². The van der Waals surface area contributed by atoms with Crippen LogP contribution in [0.1, 0.15) is 34.1 Å². The van der Waals surface area contributed by atoms with E-state index in [1.54, 1.807) is 0 Å². The number of anilines is 2. The SMILES string of the molecule is CC(C)CC(C(C)C)N1c2ccccc2Sc2ccccc21. The lowest BCUT2D eigenvalue weighted by Gasteiger charge is -2.41. The van der Waals surface area contributed by atoms with E-state index in [1.165, 1.54) is 27.6 Å². The fourth-order valence-corrected chi connectivity index (χ4v) is 4.32. The Kier molecular flexibility index (Phi) is 4.49. The molecule has 0 bridgehead atoms. The highest BCUT2D eigenvalue weighted by Crippen LogP contribution is 2.50. The Morgan fingerprint density at radius 3 is 1.77 bits per heavy atom. The summed E-state index contributed by atoms with van der Waals surface area (Å²) in [6, 6.07) is 18.2. The molecule has 1 heterocycles. The van der Waals surface area contributed by atoms with Crippen LogP contribution in [0.25, 0.3) is 0 Å². The van der Waals surface area contributed by atoms with Crippen molar-refractivity contribution in [3.63, 3.8) is 0 Å². The van der Waals surface area contributed by atoms with Gasteiger partial charge in [0.1, 0.15) is 0 Å². The first-order valence-corrected chi connectivity index (χ1v) is 9.04. The maximum atomic E-state index is 2.59. The molecule has 0 spiro atoms. The average Bonchev–Trinajstić information content (AvgIpc) is 2.50. The van der Waals surface area contributed by atoms with Gasteiger partial charge in [0.05, 0.1) is 11.4 Å². The van der Waals surface area contributed by atoms with Crippen LogP contribution in [0, 0.1) is 11.8 Å². The second kappa shape index (κ2) is 6.37. The van der Waals surface area contributed by atoms with Crippen LogP contribution in [0.3, 0.4) is 0 Å². The van der Waals surface area contributed by atoms with Gasteiger partial charge in [-0.05, 0) is 42.5 Å². The van der Waals surface area contributed by atoms with E-state index in [0.717, 1.165) is 0 Å². The minimum absolute atomic E-state index is 0.531. The zero-order chi connectivity index (χ0) is 15.7. The van der Waals surface area contributed by atoms with E-state index in [-0.39, 0.29) is 0 Å². The molecule has 0 fully saturated rings. The predicted octanol–water partition coefficient (Wildman–Crippen LogP) is 6.36. The summed E-state index contributed by atoms with van der Waals surface area (Å²) in [5.74, 6) is 1.31. The first kappa shape index (κ1) is 15.5. The Bertz CT molecular complexity index is 602. The molecule has 116 valence electrons. The van der Waals surface area contributed by atoms with Crippen LogP contribution >= 0.6 is 11.8 Å². The lowest BCUT2D eigenvalue weighted by atomic mass is 9.92. The monoisotopic (exact) mass is 311 g/mol. The Morgan fingerprint density at radius 2 is 1.32 bits per heavy atom. The summed E-state index contributed by atoms with van der Waals surface area (Å²) in [6.45, 7) is 9.35. The molecule has 1 aliphatic rings. The first-order valence-electron chi connectivity index (χ1n) is 8.23. The van der Waals surface area contributed by atoms with Gasteiger partial charge < -0.3 is 4.90 Å². The van der Waals surface area contributed by atoms with Crippen LogP contribution < -0.4 is 4.90 Å². The van der Waals surface area contributed by atoms with Crippen molar-refractivity contribution < 1.29 is 0 Å². The fraction of sp³-hybridized carbons (Fsp3) is 0.400. The molecule has 1 aliphatic heterocycles. The van der Waals surface area contributed by atoms with E-state index in [2.05, 4.69) is 81.1 Å². The number of benzene rings is 2. The van der Waals surface area contributed by atoms with Crippen molar-refractivity contribution in [3.8, 4) is 0 Å². The second-order valence-electron chi connectivity index (χ2n) is 6.85. The van der Waals surface area contributed by atoms with Crippen molar-refractivity contribution in [1.29, 1.82) is 0 Å². The summed E-state index contributed by atoms with van der Waals surface area (Å²) in [7, 11) is 0. The van der Waals surface area contributed by atoms with Gasteiger partial charge in [0.25, 0.3) is 0 Å². The van der Waals surface area contributed by atoms with Crippen molar-refractivity contribution in [2.45, 2.75) is 49.9 Å². The number of fused-ring (bicyclic) bond motifs is 2. The zero-order valence-corrected chi connectivity index (χ0v) is 14.7. The molecule has 0 saturated heterocycles. The summed E-state index contributed by atoms with van der Waals surface area (Å²) in [6.07, 6.45) is 1.21. The molecule has 1 atom stereocenters. The third-order valence-electron chi connectivity index (χ3n) is 4.28. The molecule has 2 aromatic rings. The predicted molar refractivity (Wildman–Crippen MR) is 97.2 cm³/mol. The summed E-state index contributed by atoms with van der Waals surface area (Å²) in [5, 5.41) is 0. The fourth-order valence-electron chi connectivity index (χ4n) is 3.25. The van der Waals surface area contributed by atoms with Gasteiger partial charge in [-0.1, -0.05) is 63.7 Å². The second-order valence-corrected chi connectivity index (χ2v) is 7.93. The standard InChI is InChI=1S/C20H25NS/c1-14(2)13-18(15(3)4)21-16-9-5-7-11-19(16)22-20-12-8-6-10-17(20)21/h5-12,14-15,18H,13H2,1-4H3. The Hall–Kier alpha value is -1.41. The molecular formula is C20H25NS. The van der Waals surface area contributed by atoms with Crippen molar-refractivity contribution in [3.05, 3.63) is 48.5 Å². The maximum absolute atomic E-state index is 2.59. The third kappa shape index (κ3) is 2.89. The third-order valence-corrected chi connectivity index (χ3v) is 5.41. The molecular weight excluding hydrogens is 286 g/mol. The smallest absolute Gasteiger partial charge is 0.0555 e. The molecule has 0 aromatic heterocycles. The highest BCUT2D eigenvalue weighted by molar-refractivity contribution is 7.99. The highest BCUT2D eigenvalue weighted by Gasteiger charge is 2.30. The Balaban J connectivity index is 2.12. The molecule has 0 saturated carbocycles. The molecule has 2 aromatic carbocycles. The van der Waals surface area contributed by atoms with Gasteiger partial charge in [0.15, 0.2) is 0 Å². The van der Waals surface area contributed by atoms with Gasteiger partial charge in [0.2, 0.25) is 0 Å². The van der Waals surface area contributed by atoms with E-state index in [0.29, 0.717) is 17.9 Å². The van der Waals surface area contributed by atoms with Crippen molar-refractivity contribution >= 4 is 23.1 Å². The molecule has 0 radical (unpaired) electrons. The molecule has 22 heavy (non-hydrogen) atoms. The van der Waals surface area contributed by atoms with E-state index < -0.39 is 0 Å². The molecule has 1 nitrogen and oxygen atoms in total. The maximum Gasteiger partial charge on any atom is 0.0555 e. The lowest BCUT2D eigenvalue weighted by molar-refractivity contribution is 0.399. The topological polar surface area (TPSA) is 3.24 Å². The summed E-state index contributed by atoms with van der Waals surface area (Å²) >= 11 is 1.89. The van der Waals surface area contributed by atoms with Crippen LogP contribution in [0.4, 0.5) is 11.4 Å². The molecule has 0 N–H and O–H groups in total. The number of rotatable bonds is 4. The number of para-hydroxylation sites is 2. The van der Waals surface area contributed by atoms with E-state index in [4.69, 9.17) is 0 Å².